The van der Waals surface area contributed by atoms with E-state index < -0.39 is 19.9 Å². The predicted octanol–water partition coefficient (Wildman–Crippen LogP) is 3.64. The molecule has 0 bridgehead atoms. The Labute approximate surface area is 179 Å². The van der Waals surface area contributed by atoms with E-state index in [0.717, 1.165) is 6.07 Å². The Balaban J connectivity index is 2.31. The van der Waals surface area contributed by atoms with E-state index in [0.29, 0.717) is 5.56 Å². The zero-order valence-corrected chi connectivity index (χ0v) is 17.7. The number of allylic oxidation sites excluding steroid dienone is 1. The van der Waals surface area contributed by atoms with Gasteiger partial charge < -0.3 is 0 Å². The molecule has 0 aliphatic carbocycles. The van der Waals surface area contributed by atoms with E-state index in [1.807, 2.05) is 0 Å². The van der Waals surface area contributed by atoms with E-state index in [9.17, 15) is 28.6 Å². The average molecular weight is 447 g/mol. The summed E-state index contributed by atoms with van der Waals surface area (Å²) in [4.78, 5) is 20.7. The van der Waals surface area contributed by atoms with E-state index in [4.69, 9.17) is 0 Å². The molecule has 164 valence electrons. The fraction of sp³-hybridized carbons (Fsp3) is 0.211. The van der Waals surface area contributed by atoms with E-state index in [2.05, 4.69) is 10.5 Å². The smallest absolute Gasteiger partial charge is 0.276 e. The minimum atomic E-state index is -3.99. The van der Waals surface area contributed by atoms with Crippen molar-refractivity contribution < 1.29 is 18.3 Å². The molecule has 2 aromatic rings. The molecule has 0 spiro atoms. The van der Waals surface area contributed by atoms with Crippen molar-refractivity contribution in [2.45, 2.75) is 18.7 Å². The van der Waals surface area contributed by atoms with Crippen molar-refractivity contribution in [3.05, 3.63) is 74.3 Å². The Morgan fingerprint density at radius 2 is 1.74 bits per heavy atom. The summed E-state index contributed by atoms with van der Waals surface area (Å²) in [6.07, 6.45) is 4.21. The minimum absolute atomic E-state index is 0.0628. The molecule has 0 saturated heterocycles. The van der Waals surface area contributed by atoms with Crippen molar-refractivity contribution in [1.29, 1.82) is 0 Å². The SMILES string of the molecule is CCN(CC)S(=O)(=O)c1cc([N+](=O)[O-])ccc1NN=CC=Cc1ccccc1[N+](=O)[O-]. The van der Waals surface area contributed by atoms with Gasteiger partial charge in [0.25, 0.3) is 11.4 Å². The highest BCUT2D eigenvalue weighted by atomic mass is 32.2. The first-order valence-corrected chi connectivity index (χ1v) is 10.6. The lowest BCUT2D eigenvalue weighted by Crippen LogP contribution is -2.31. The molecule has 0 fully saturated rings. The first-order chi connectivity index (χ1) is 14.7. The molecular weight excluding hydrogens is 426 g/mol. The summed E-state index contributed by atoms with van der Waals surface area (Å²) >= 11 is 0. The van der Waals surface area contributed by atoms with Crippen LogP contribution < -0.4 is 5.43 Å². The van der Waals surface area contributed by atoms with E-state index in [-0.39, 0.29) is 35.0 Å². The quantitative estimate of drug-likeness (QED) is 0.332. The molecule has 0 aliphatic heterocycles. The fourth-order valence-electron chi connectivity index (χ4n) is 2.72. The van der Waals surface area contributed by atoms with Gasteiger partial charge in [0.2, 0.25) is 10.0 Å². The molecule has 0 unspecified atom stereocenters. The molecule has 11 nitrogen and oxygen atoms in total. The summed E-state index contributed by atoms with van der Waals surface area (Å²) in [7, 11) is -3.99. The number of sulfonamides is 1. The third-order valence-corrected chi connectivity index (χ3v) is 6.34. The summed E-state index contributed by atoms with van der Waals surface area (Å²) in [6.45, 7) is 3.72. The van der Waals surface area contributed by atoms with Gasteiger partial charge >= 0.3 is 0 Å². The van der Waals surface area contributed by atoms with Crippen LogP contribution in [0.2, 0.25) is 0 Å². The highest BCUT2D eigenvalue weighted by Crippen LogP contribution is 2.29. The number of benzene rings is 2. The maximum Gasteiger partial charge on any atom is 0.276 e. The summed E-state index contributed by atoms with van der Waals surface area (Å²) in [5.41, 5.74) is 2.57. The van der Waals surface area contributed by atoms with Gasteiger partial charge in [-0.2, -0.15) is 9.41 Å². The van der Waals surface area contributed by atoms with Crippen molar-refractivity contribution in [3.63, 3.8) is 0 Å². The maximum absolute atomic E-state index is 12.9. The number of nitro groups is 2. The molecule has 31 heavy (non-hydrogen) atoms. The number of nitrogens with zero attached hydrogens (tertiary/aromatic N) is 4. The summed E-state index contributed by atoms with van der Waals surface area (Å²) in [6, 6.07) is 9.56. The number of nitro benzene ring substituents is 2. The van der Waals surface area contributed by atoms with Crippen LogP contribution in [0.3, 0.4) is 0 Å². The van der Waals surface area contributed by atoms with Gasteiger partial charge in [0.15, 0.2) is 0 Å². The second-order valence-corrected chi connectivity index (χ2v) is 8.00. The standard InChI is InChI=1S/C19H21N5O6S/c1-3-22(4-2)31(29,30)19-14-16(23(25)26)11-12-17(19)21-20-13-7-9-15-8-5-6-10-18(15)24(27)28/h5-14,21H,3-4H2,1-2H3. The first kappa shape index (κ1) is 23.6. The molecule has 0 aromatic heterocycles. The summed E-state index contributed by atoms with van der Waals surface area (Å²) in [5.74, 6) is 0. The molecule has 0 amide bonds. The van der Waals surface area contributed by atoms with Crippen molar-refractivity contribution in [3.8, 4) is 0 Å². The number of nitrogens with one attached hydrogen (secondary N) is 1. The second kappa shape index (κ2) is 10.4. The van der Waals surface area contributed by atoms with Crippen LogP contribution in [-0.2, 0) is 10.0 Å². The Bertz CT molecular complexity index is 1130. The molecule has 0 atom stereocenters. The molecule has 0 heterocycles. The fourth-order valence-corrected chi connectivity index (χ4v) is 4.34. The van der Waals surface area contributed by atoms with Gasteiger partial charge in [-0.1, -0.05) is 26.0 Å². The lowest BCUT2D eigenvalue weighted by atomic mass is 10.2. The molecule has 12 heteroatoms. The van der Waals surface area contributed by atoms with Gasteiger partial charge in [-0.3, -0.25) is 25.7 Å². The molecule has 0 saturated carbocycles. The maximum atomic E-state index is 12.9. The van der Waals surface area contributed by atoms with Gasteiger partial charge in [-0.05, 0) is 24.3 Å². The molecule has 2 aromatic carbocycles. The van der Waals surface area contributed by atoms with Crippen LogP contribution in [0.1, 0.15) is 19.4 Å². The monoisotopic (exact) mass is 447 g/mol. The molecule has 1 N–H and O–H groups in total. The number of hydrogen-bond donors (Lipinski definition) is 1. The van der Waals surface area contributed by atoms with Crippen LogP contribution in [0.25, 0.3) is 6.08 Å². The van der Waals surface area contributed by atoms with E-state index in [1.165, 1.54) is 40.9 Å². The number of anilines is 1. The predicted molar refractivity (Wildman–Crippen MR) is 117 cm³/mol. The Morgan fingerprint density at radius 3 is 2.35 bits per heavy atom. The summed E-state index contributed by atoms with van der Waals surface area (Å²) in [5, 5.41) is 26.0. The first-order valence-electron chi connectivity index (χ1n) is 9.20. The molecule has 2 rings (SSSR count). The zero-order valence-electron chi connectivity index (χ0n) is 16.8. The van der Waals surface area contributed by atoms with E-state index in [1.54, 1.807) is 32.0 Å². The number of rotatable bonds is 10. The van der Waals surface area contributed by atoms with Crippen LogP contribution in [-0.4, -0.2) is 41.9 Å². The van der Waals surface area contributed by atoms with Crippen molar-refractivity contribution in [2.24, 2.45) is 5.10 Å². The van der Waals surface area contributed by atoms with Crippen LogP contribution in [0.4, 0.5) is 17.1 Å². The second-order valence-electron chi connectivity index (χ2n) is 6.09. The molecular formula is C19H21N5O6S. The zero-order chi connectivity index (χ0) is 23.0. The van der Waals surface area contributed by atoms with Crippen molar-refractivity contribution in [1.82, 2.24) is 4.31 Å². The van der Waals surface area contributed by atoms with E-state index >= 15 is 0 Å². The lowest BCUT2D eigenvalue weighted by Gasteiger charge is -2.20. The van der Waals surface area contributed by atoms with Crippen LogP contribution in [0, 0.1) is 20.2 Å². The Morgan fingerprint density at radius 1 is 1.06 bits per heavy atom. The summed E-state index contributed by atoms with van der Waals surface area (Å²) < 4.78 is 27.0. The van der Waals surface area contributed by atoms with Gasteiger partial charge in [0, 0.05) is 37.5 Å². The van der Waals surface area contributed by atoms with Crippen LogP contribution in [0.15, 0.2) is 58.5 Å². The molecule has 0 radical (unpaired) electrons. The van der Waals surface area contributed by atoms with Crippen LogP contribution >= 0.6 is 0 Å². The topological polar surface area (TPSA) is 148 Å². The highest BCUT2D eigenvalue weighted by Gasteiger charge is 2.27. The van der Waals surface area contributed by atoms with Gasteiger partial charge in [0.05, 0.1) is 21.1 Å². The lowest BCUT2D eigenvalue weighted by molar-refractivity contribution is -0.385. The van der Waals surface area contributed by atoms with Gasteiger partial charge in [-0.15, -0.1) is 0 Å². The number of hydrogen-bond acceptors (Lipinski definition) is 8. The third-order valence-electron chi connectivity index (χ3n) is 4.25. The Hall–Kier alpha value is -3.64. The highest BCUT2D eigenvalue weighted by molar-refractivity contribution is 7.89. The third kappa shape index (κ3) is 5.71. The van der Waals surface area contributed by atoms with Crippen molar-refractivity contribution >= 4 is 39.4 Å². The number of para-hydroxylation sites is 1. The van der Waals surface area contributed by atoms with Gasteiger partial charge in [-0.25, -0.2) is 8.42 Å². The molecule has 0 aliphatic rings. The van der Waals surface area contributed by atoms with Crippen molar-refractivity contribution in [2.75, 3.05) is 18.5 Å². The number of hydrazone groups is 1. The largest absolute Gasteiger partial charge is 0.277 e. The van der Waals surface area contributed by atoms with Gasteiger partial charge in [0.1, 0.15) is 4.90 Å². The minimum Gasteiger partial charge on any atom is -0.277 e. The average Bonchev–Trinajstić information content (AvgIpc) is 2.74. The normalized spacial score (nSPS) is 12.0. The van der Waals surface area contributed by atoms with Crippen LogP contribution in [0.5, 0.6) is 0 Å². The Kier molecular flexibility index (Phi) is 7.94. The number of non-ortho nitro benzene ring substituents is 1.